The first kappa shape index (κ1) is 14.0. The summed E-state index contributed by atoms with van der Waals surface area (Å²) in [6, 6.07) is 16.0. The molecule has 3 rings (SSSR count). The van der Waals surface area contributed by atoms with E-state index in [4.69, 9.17) is 15.2 Å². The Hall–Kier alpha value is -2.00. The molecule has 3 nitrogen and oxygen atoms in total. The van der Waals surface area contributed by atoms with Gasteiger partial charge in [0.25, 0.3) is 0 Å². The van der Waals surface area contributed by atoms with E-state index < -0.39 is 0 Å². The van der Waals surface area contributed by atoms with Crippen molar-refractivity contribution >= 4 is 0 Å². The molecule has 1 aliphatic rings. The molecule has 2 aromatic rings. The third-order valence-electron chi connectivity index (χ3n) is 4.08. The van der Waals surface area contributed by atoms with Crippen LogP contribution in [0, 0.1) is 0 Å². The van der Waals surface area contributed by atoms with Crippen molar-refractivity contribution in [2.24, 2.45) is 5.73 Å². The Balaban J connectivity index is 1.82. The fourth-order valence-corrected chi connectivity index (χ4v) is 2.94. The van der Waals surface area contributed by atoms with Crippen LogP contribution in [0.5, 0.6) is 11.5 Å². The highest BCUT2D eigenvalue weighted by Crippen LogP contribution is 2.31. The molecule has 1 aliphatic carbocycles. The molecule has 2 unspecified atom stereocenters. The summed E-state index contributed by atoms with van der Waals surface area (Å²) in [6.07, 6.45) is 3.13. The molecule has 0 heterocycles. The maximum absolute atomic E-state index is 6.45. The zero-order valence-electron chi connectivity index (χ0n) is 12.3. The van der Waals surface area contributed by atoms with E-state index in [1.807, 2.05) is 30.3 Å². The summed E-state index contributed by atoms with van der Waals surface area (Å²) in [7, 11) is 1.66. The maximum Gasteiger partial charge on any atom is 0.123 e. The fraction of sp³-hybridized carbons (Fsp3) is 0.333. The number of nitrogens with two attached hydrogens (primary N) is 1. The summed E-state index contributed by atoms with van der Waals surface area (Å²) in [5.74, 6) is 1.62. The van der Waals surface area contributed by atoms with E-state index in [1.54, 1.807) is 7.11 Å². The number of methoxy groups -OCH3 is 1. The minimum absolute atomic E-state index is 0.000700. The smallest absolute Gasteiger partial charge is 0.123 e. The Bertz CT molecular complexity index is 612. The second-order valence-electron chi connectivity index (χ2n) is 5.45. The van der Waals surface area contributed by atoms with Crippen LogP contribution in [-0.2, 0) is 6.42 Å². The molecule has 0 aliphatic heterocycles. The van der Waals surface area contributed by atoms with Gasteiger partial charge in [-0.25, -0.2) is 0 Å². The van der Waals surface area contributed by atoms with Crippen molar-refractivity contribution in [2.45, 2.75) is 31.4 Å². The average molecular weight is 283 g/mol. The van der Waals surface area contributed by atoms with E-state index in [9.17, 15) is 0 Å². The van der Waals surface area contributed by atoms with Crippen molar-refractivity contribution in [3.8, 4) is 11.5 Å². The first-order valence-corrected chi connectivity index (χ1v) is 7.42. The monoisotopic (exact) mass is 283 g/mol. The highest BCUT2D eigenvalue weighted by Gasteiger charge is 2.26. The van der Waals surface area contributed by atoms with Gasteiger partial charge in [-0.15, -0.1) is 0 Å². The predicted octanol–water partition coefficient (Wildman–Crippen LogP) is 3.48. The van der Waals surface area contributed by atoms with E-state index >= 15 is 0 Å². The van der Waals surface area contributed by atoms with E-state index in [0.29, 0.717) is 0 Å². The second-order valence-corrected chi connectivity index (χ2v) is 5.45. The van der Waals surface area contributed by atoms with Crippen LogP contribution < -0.4 is 15.2 Å². The molecular formula is C18H21NO2. The number of rotatable bonds is 3. The number of ether oxygens (including phenoxy) is 2. The number of fused-ring (bicyclic) bond motifs is 1. The summed E-state index contributed by atoms with van der Waals surface area (Å²) in [5.41, 5.74) is 9.01. The van der Waals surface area contributed by atoms with Gasteiger partial charge in [-0.1, -0.05) is 30.3 Å². The molecule has 0 bridgehead atoms. The molecular weight excluding hydrogens is 262 g/mol. The van der Waals surface area contributed by atoms with Crippen molar-refractivity contribution in [2.75, 3.05) is 7.11 Å². The molecule has 0 fully saturated rings. The number of hydrogen-bond acceptors (Lipinski definition) is 3. The fourth-order valence-electron chi connectivity index (χ4n) is 2.94. The van der Waals surface area contributed by atoms with Crippen LogP contribution in [0.1, 0.15) is 30.0 Å². The summed E-state index contributed by atoms with van der Waals surface area (Å²) >= 11 is 0. The zero-order chi connectivity index (χ0) is 14.7. The number of benzene rings is 2. The van der Waals surface area contributed by atoms with Crippen molar-refractivity contribution in [3.63, 3.8) is 0 Å². The van der Waals surface area contributed by atoms with Crippen LogP contribution >= 0.6 is 0 Å². The van der Waals surface area contributed by atoms with Crippen molar-refractivity contribution in [1.29, 1.82) is 0 Å². The van der Waals surface area contributed by atoms with Gasteiger partial charge in [0, 0.05) is 6.07 Å². The van der Waals surface area contributed by atoms with E-state index in [2.05, 4.69) is 18.2 Å². The lowest BCUT2D eigenvalue weighted by Crippen LogP contribution is -2.30. The second kappa shape index (κ2) is 6.19. The molecule has 21 heavy (non-hydrogen) atoms. The lowest BCUT2D eigenvalue weighted by Gasteiger charge is -2.24. The van der Waals surface area contributed by atoms with Crippen LogP contribution in [0.25, 0.3) is 0 Å². The average Bonchev–Trinajstić information content (AvgIpc) is 2.68. The van der Waals surface area contributed by atoms with Crippen LogP contribution in [0.3, 0.4) is 0 Å². The van der Waals surface area contributed by atoms with Gasteiger partial charge in [0.1, 0.15) is 17.6 Å². The lowest BCUT2D eigenvalue weighted by molar-refractivity contribution is 0.162. The normalized spacial score (nSPS) is 21.2. The van der Waals surface area contributed by atoms with Crippen molar-refractivity contribution in [3.05, 3.63) is 59.7 Å². The molecule has 0 saturated heterocycles. The number of hydrogen-bond donors (Lipinski definition) is 1. The summed E-state index contributed by atoms with van der Waals surface area (Å²) in [4.78, 5) is 0. The first-order valence-electron chi connectivity index (χ1n) is 7.42. The van der Waals surface area contributed by atoms with Crippen molar-refractivity contribution < 1.29 is 9.47 Å². The molecule has 2 atom stereocenters. The Morgan fingerprint density at radius 1 is 1.05 bits per heavy atom. The third kappa shape index (κ3) is 3.03. The molecule has 0 saturated carbocycles. The maximum atomic E-state index is 6.45. The molecule has 0 amide bonds. The third-order valence-corrected chi connectivity index (χ3v) is 4.08. The largest absolute Gasteiger partial charge is 0.497 e. The lowest BCUT2D eigenvalue weighted by atomic mass is 9.98. The van der Waals surface area contributed by atoms with Gasteiger partial charge in [-0.3, -0.25) is 0 Å². The summed E-state index contributed by atoms with van der Waals surface area (Å²) < 4.78 is 11.4. The Morgan fingerprint density at radius 2 is 1.86 bits per heavy atom. The Labute approximate surface area is 125 Å². The summed E-state index contributed by atoms with van der Waals surface area (Å²) in [6.45, 7) is 0. The molecule has 2 N–H and O–H groups in total. The van der Waals surface area contributed by atoms with E-state index in [-0.39, 0.29) is 12.1 Å². The SMILES string of the molecule is COc1cccc(OC2CCCc3ccccc3C2N)c1. The van der Waals surface area contributed by atoms with Gasteiger partial charge in [0.15, 0.2) is 0 Å². The van der Waals surface area contributed by atoms with Gasteiger partial charge in [0.05, 0.1) is 13.2 Å². The zero-order valence-corrected chi connectivity index (χ0v) is 12.3. The molecule has 110 valence electrons. The van der Waals surface area contributed by atoms with Gasteiger partial charge >= 0.3 is 0 Å². The van der Waals surface area contributed by atoms with E-state index in [1.165, 1.54) is 11.1 Å². The number of aryl methyl sites for hydroxylation is 1. The van der Waals surface area contributed by atoms with Gasteiger partial charge in [-0.2, -0.15) is 0 Å². The quantitative estimate of drug-likeness (QED) is 0.877. The molecule has 0 radical (unpaired) electrons. The molecule has 2 aromatic carbocycles. The highest BCUT2D eigenvalue weighted by molar-refractivity contribution is 5.35. The predicted molar refractivity (Wildman–Crippen MR) is 83.7 cm³/mol. The van der Waals surface area contributed by atoms with Gasteiger partial charge < -0.3 is 15.2 Å². The minimum atomic E-state index is -0.0881. The van der Waals surface area contributed by atoms with Gasteiger partial charge in [-0.05, 0) is 42.5 Å². The summed E-state index contributed by atoms with van der Waals surface area (Å²) in [5, 5.41) is 0. The standard InChI is InChI=1S/C18H21NO2/c1-20-14-8-5-9-15(12-14)21-17-11-4-7-13-6-2-3-10-16(13)18(17)19/h2-3,5-6,8-10,12,17-18H,4,7,11,19H2,1H3. The molecule has 0 spiro atoms. The Kier molecular flexibility index (Phi) is 4.11. The van der Waals surface area contributed by atoms with Crippen LogP contribution in [0.15, 0.2) is 48.5 Å². The van der Waals surface area contributed by atoms with Gasteiger partial charge in [0.2, 0.25) is 0 Å². The van der Waals surface area contributed by atoms with Crippen LogP contribution in [-0.4, -0.2) is 13.2 Å². The highest BCUT2D eigenvalue weighted by atomic mass is 16.5. The first-order chi connectivity index (χ1) is 10.3. The Morgan fingerprint density at radius 3 is 2.71 bits per heavy atom. The minimum Gasteiger partial charge on any atom is -0.497 e. The van der Waals surface area contributed by atoms with Crippen LogP contribution in [0.2, 0.25) is 0 Å². The van der Waals surface area contributed by atoms with E-state index in [0.717, 1.165) is 30.8 Å². The topological polar surface area (TPSA) is 44.5 Å². The van der Waals surface area contributed by atoms with Crippen molar-refractivity contribution in [1.82, 2.24) is 0 Å². The molecule has 0 aromatic heterocycles. The molecule has 3 heteroatoms. The van der Waals surface area contributed by atoms with Crippen LogP contribution in [0.4, 0.5) is 0 Å².